The number of pyridine rings is 1. The quantitative estimate of drug-likeness (QED) is 0.570. The maximum absolute atomic E-state index is 11.1. The molecule has 7 nitrogen and oxygen atoms in total. The van der Waals surface area contributed by atoms with Crippen molar-refractivity contribution in [3.05, 3.63) is 27.9 Å². The van der Waals surface area contributed by atoms with Crippen LogP contribution in [-0.2, 0) is 4.79 Å². The third-order valence-electron chi connectivity index (χ3n) is 2.79. The van der Waals surface area contributed by atoms with Crippen LogP contribution in [0, 0.1) is 21.4 Å². The molecule has 1 aromatic heterocycles. The van der Waals surface area contributed by atoms with Gasteiger partial charge in [-0.05, 0) is 0 Å². The minimum Gasteiger partial charge on any atom is -0.350 e. The summed E-state index contributed by atoms with van der Waals surface area (Å²) in [6.07, 6.45) is 2.05. The first kappa shape index (κ1) is 12.0. The van der Waals surface area contributed by atoms with Crippen LogP contribution in [0.3, 0.4) is 0 Å². The number of hydrogen-bond donors (Lipinski definition) is 0. The number of nitro groups is 1. The summed E-state index contributed by atoms with van der Waals surface area (Å²) in [5, 5.41) is 19.7. The van der Waals surface area contributed by atoms with Crippen LogP contribution in [0.25, 0.3) is 0 Å². The Morgan fingerprint density at radius 2 is 2.11 bits per heavy atom. The molecule has 0 amide bonds. The van der Waals surface area contributed by atoms with E-state index in [-0.39, 0.29) is 22.9 Å². The number of Topliss-reactive ketones (excluding diaryl/α,β-unsaturated/α-hetero) is 1. The molecule has 2 heterocycles. The molecule has 2 rings (SSSR count). The monoisotopic (exact) mass is 246 g/mol. The van der Waals surface area contributed by atoms with Crippen molar-refractivity contribution in [1.29, 1.82) is 5.26 Å². The molecule has 1 fully saturated rings. The molecule has 0 aromatic carbocycles. The third-order valence-corrected chi connectivity index (χ3v) is 2.79. The highest BCUT2D eigenvalue weighted by Crippen LogP contribution is 2.27. The lowest BCUT2D eigenvalue weighted by molar-refractivity contribution is -0.384. The Bertz CT molecular complexity index is 540. The van der Waals surface area contributed by atoms with E-state index < -0.39 is 4.92 Å². The molecule has 0 atom stereocenters. The van der Waals surface area contributed by atoms with Crippen molar-refractivity contribution in [3.63, 3.8) is 0 Å². The molecular formula is C11H10N4O3. The zero-order valence-electron chi connectivity index (χ0n) is 9.50. The molecule has 0 saturated carbocycles. The Morgan fingerprint density at radius 1 is 1.44 bits per heavy atom. The minimum atomic E-state index is -0.556. The Hall–Kier alpha value is -2.49. The normalized spacial score (nSPS) is 15.3. The molecule has 0 aliphatic carbocycles. The predicted molar refractivity (Wildman–Crippen MR) is 62.1 cm³/mol. The molecule has 1 aliphatic rings. The van der Waals surface area contributed by atoms with Crippen molar-refractivity contribution in [3.8, 4) is 6.07 Å². The summed E-state index contributed by atoms with van der Waals surface area (Å²) in [5.41, 5.74) is -0.0399. The van der Waals surface area contributed by atoms with Crippen molar-refractivity contribution < 1.29 is 9.72 Å². The van der Waals surface area contributed by atoms with Crippen molar-refractivity contribution in [2.45, 2.75) is 12.8 Å². The molecular weight excluding hydrogens is 236 g/mol. The van der Waals surface area contributed by atoms with Crippen LogP contribution in [0.15, 0.2) is 12.3 Å². The van der Waals surface area contributed by atoms with E-state index >= 15 is 0 Å². The van der Waals surface area contributed by atoms with Gasteiger partial charge in [-0.3, -0.25) is 14.9 Å². The molecule has 0 radical (unpaired) electrons. The smallest absolute Gasteiger partial charge is 0.312 e. The number of carbonyl (C=O) groups is 1. The predicted octanol–water partition coefficient (Wildman–Crippen LogP) is 1.03. The number of aromatic nitrogens is 1. The second-order valence-corrected chi connectivity index (χ2v) is 3.96. The average molecular weight is 246 g/mol. The Kier molecular flexibility index (Phi) is 3.19. The van der Waals surface area contributed by atoms with Crippen LogP contribution in [0.2, 0.25) is 0 Å². The number of piperidine rings is 1. The Balaban J connectivity index is 2.35. The lowest BCUT2D eigenvalue weighted by Crippen LogP contribution is -2.34. The zero-order valence-corrected chi connectivity index (χ0v) is 9.50. The second kappa shape index (κ2) is 4.79. The van der Waals surface area contributed by atoms with Gasteiger partial charge in [-0.1, -0.05) is 0 Å². The first-order valence-corrected chi connectivity index (χ1v) is 5.43. The lowest BCUT2D eigenvalue weighted by Gasteiger charge is -2.26. The number of hydrogen-bond acceptors (Lipinski definition) is 6. The lowest BCUT2D eigenvalue weighted by atomic mass is 10.1. The summed E-state index contributed by atoms with van der Waals surface area (Å²) in [6, 6.07) is 3.03. The fraction of sp³-hybridized carbons (Fsp3) is 0.364. The summed E-state index contributed by atoms with van der Waals surface area (Å²) in [7, 11) is 0. The van der Waals surface area contributed by atoms with E-state index in [1.807, 2.05) is 6.07 Å². The SMILES string of the molecule is N#Cc1cnc(N2CCC(=O)CC2)c([N+](=O)[O-])c1. The van der Waals surface area contributed by atoms with Crippen LogP contribution in [-0.4, -0.2) is 28.8 Å². The van der Waals surface area contributed by atoms with Crippen molar-refractivity contribution >= 4 is 17.3 Å². The van der Waals surface area contributed by atoms with E-state index in [0.29, 0.717) is 25.9 Å². The number of ketones is 1. The maximum Gasteiger partial charge on any atom is 0.312 e. The van der Waals surface area contributed by atoms with Gasteiger partial charge in [0, 0.05) is 38.2 Å². The number of rotatable bonds is 2. The van der Waals surface area contributed by atoms with Gasteiger partial charge in [-0.15, -0.1) is 0 Å². The van der Waals surface area contributed by atoms with Gasteiger partial charge >= 0.3 is 5.69 Å². The fourth-order valence-electron chi connectivity index (χ4n) is 1.85. The minimum absolute atomic E-state index is 0.151. The van der Waals surface area contributed by atoms with Gasteiger partial charge in [0.15, 0.2) is 0 Å². The van der Waals surface area contributed by atoms with Crippen molar-refractivity contribution in [1.82, 2.24) is 4.98 Å². The molecule has 0 spiro atoms. The third kappa shape index (κ3) is 2.27. The molecule has 0 bridgehead atoms. The summed E-state index contributed by atoms with van der Waals surface area (Å²) in [5.74, 6) is 0.383. The van der Waals surface area contributed by atoms with Crippen LogP contribution >= 0.6 is 0 Å². The molecule has 92 valence electrons. The Morgan fingerprint density at radius 3 is 2.67 bits per heavy atom. The van der Waals surface area contributed by atoms with Crippen molar-refractivity contribution in [2.24, 2.45) is 0 Å². The van der Waals surface area contributed by atoms with Gasteiger partial charge in [-0.2, -0.15) is 5.26 Å². The standard InChI is InChI=1S/C11H10N4O3/c12-6-8-5-10(15(17)18)11(13-7-8)14-3-1-9(16)2-4-14/h5,7H,1-4H2. The van der Waals surface area contributed by atoms with E-state index in [4.69, 9.17) is 5.26 Å². The number of nitrogens with zero attached hydrogens (tertiary/aromatic N) is 4. The van der Waals surface area contributed by atoms with Gasteiger partial charge in [0.25, 0.3) is 0 Å². The highest BCUT2D eigenvalue weighted by molar-refractivity contribution is 5.81. The molecule has 1 aromatic rings. The van der Waals surface area contributed by atoms with Gasteiger partial charge in [0.1, 0.15) is 11.9 Å². The largest absolute Gasteiger partial charge is 0.350 e. The van der Waals surface area contributed by atoms with Crippen LogP contribution in [0.5, 0.6) is 0 Å². The second-order valence-electron chi connectivity index (χ2n) is 3.96. The van der Waals surface area contributed by atoms with Crippen LogP contribution in [0.1, 0.15) is 18.4 Å². The van der Waals surface area contributed by atoms with Gasteiger partial charge in [0.05, 0.1) is 10.5 Å². The summed E-state index contributed by atoms with van der Waals surface area (Å²) in [4.78, 5) is 27.2. The van der Waals surface area contributed by atoms with E-state index in [0.717, 1.165) is 0 Å². The van der Waals surface area contributed by atoms with E-state index in [2.05, 4.69) is 4.98 Å². The van der Waals surface area contributed by atoms with Crippen LogP contribution in [0.4, 0.5) is 11.5 Å². The first-order valence-electron chi connectivity index (χ1n) is 5.43. The molecule has 1 saturated heterocycles. The number of carbonyl (C=O) groups excluding carboxylic acids is 1. The number of anilines is 1. The number of nitriles is 1. The maximum atomic E-state index is 11.1. The zero-order chi connectivity index (χ0) is 13.1. The highest BCUT2D eigenvalue weighted by atomic mass is 16.6. The average Bonchev–Trinajstić information content (AvgIpc) is 2.39. The van der Waals surface area contributed by atoms with Crippen molar-refractivity contribution in [2.75, 3.05) is 18.0 Å². The molecule has 0 N–H and O–H groups in total. The van der Waals surface area contributed by atoms with Crippen LogP contribution < -0.4 is 4.90 Å². The molecule has 18 heavy (non-hydrogen) atoms. The molecule has 7 heteroatoms. The summed E-state index contributed by atoms with van der Waals surface area (Å²) >= 11 is 0. The Labute approximate surface area is 103 Å². The topological polar surface area (TPSA) is 100 Å². The van der Waals surface area contributed by atoms with Gasteiger partial charge < -0.3 is 4.90 Å². The molecule has 1 aliphatic heterocycles. The molecule has 0 unspecified atom stereocenters. The fourth-order valence-corrected chi connectivity index (χ4v) is 1.85. The van der Waals surface area contributed by atoms with E-state index in [1.54, 1.807) is 4.90 Å². The van der Waals surface area contributed by atoms with Gasteiger partial charge in [0.2, 0.25) is 5.82 Å². The van der Waals surface area contributed by atoms with Gasteiger partial charge in [-0.25, -0.2) is 4.98 Å². The first-order chi connectivity index (χ1) is 8.61. The summed E-state index contributed by atoms with van der Waals surface area (Å²) in [6.45, 7) is 0.858. The van der Waals surface area contributed by atoms with E-state index in [9.17, 15) is 14.9 Å². The summed E-state index contributed by atoms with van der Waals surface area (Å²) < 4.78 is 0. The highest BCUT2D eigenvalue weighted by Gasteiger charge is 2.25. The van der Waals surface area contributed by atoms with E-state index in [1.165, 1.54) is 12.3 Å².